The molecule has 198 valence electrons. The van der Waals surface area contributed by atoms with Crippen LogP contribution in [0.1, 0.15) is 23.1 Å². The standard InChI is InChI=1S/C30H31N7OS/c1-3-35(2)14-6-8-27(38)37-16-12-24-26(19-37)39-30-28(24)29(32-20-33-30)34-22-9-10-25-21(17-22)11-15-36(25)18-23-7-4-5-13-31-23/h4-11,13,15,17,20H,3,12,14,16,18-19H2,1-2H3,(H,32,33,34)/b8-6+. The third kappa shape index (κ3) is 5.28. The summed E-state index contributed by atoms with van der Waals surface area (Å²) in [5.41, 5.74) is 4.42. The van der Waals surface area contributed by atoms with E-state index in [-0.39, 0.29) is 5.91 Å². The van der Waals surface area contributed by atoms with E-state index >= 15 is 0 Å². The van der Waals surface area contributed by atoms with Crippen LogP contribution in [0.3, 0.4) is 0 Å². The van der Waals surface area contributed by atoms with Gasteiger partial charge in [0.25, 0.3) is 0 Å². The SMILES string of the molecule is CCN(C)C/C=C/C(=O)N1CCc2c(sc3ncnc(Nc4ccc5c(ccn5Cc5ccccn5)c4)c23)C1. The number of thiophene rings is 1. The molecule has 0 radical (unpaired) electrons. The molecule has 4 aromatic heterocycles. The number of hydrogen-bond donors (Lipinski definition) is 1. The highest BCUT2D eigenvalue weighted by atomic mass is 32.1. The van der Waals surface area contributed by atoms with Gasteiger partial charge < -0.3 is 19.7 Å². The highest BCUT2D eigenvalue weighted by Gasteiger charge is 2.25. The number of rotatable bonds is 8. The summed E-state index contributed by atoms with van der Waals surface area (Å²) in [7, 11) is 2.05. The number of hydrogen-bond acceptors (Lipinski definition) is 7. The van der Waals surface area contributed by atoms with Crippen molar-refractivity contribution in [2.45, 2.75) is 26.4 Å². The van der Waals surface area contributed by atoms with Crippen molar-refractivity contribution in [1.82, 2.24) is 29.3 Å². The first kappa shape index (κ1) is 25.2. The summed E-state index contributed by atoms with van der Waals surface area (Å²) in [6.45, 7) is 5.87. The number of benzene rings is 1. The summed E-state index contributed by atoms with van der Waals surface area (Å²) < 4.78 is 2.21. The minimum absolute atomic E-state index is 0.0651. The summed E-state index contributed by atoms with van der Waals surface area (Å²) in [6, 6.07) is 14.5. The largest absolute Gasteiger partial charge is 0.341 e. The van der Waals surface area contributed by atoms with E-state index in [9.17, 15) is 4.79 Å². The Labute approximate surface area is 231 Å². The summed E-state index contributed by atoms with van der Waals surface area (Å²) >= 11 is 1.66. The molecule has 1 aliphatic rings. The third-order valence-electron chi connectivity index (χ3n) is 7.26. The molecule has 1 amide bonds. The van der Waals surface area contributed by atoms with Gasteiger partial charge in [0.15, 0.2) is 0 Å². The van der Waals surface area contributed by atoms with Crippen LogP contribution < -0.4 is 5.32 Å². The molecule has 0 bridgehead atoms. The summed E-state index contributed by atoms with van der Waals surface area (Å²) in [5.74, 6) is 0.877. The fourth-order valence-electron chi connectivity index (χ4n) is 5.00. The normalized spacial score (nSPS) is 13.6. The molecular weight excluding hydrogens is 506 g/mol. The van der Waals surface area contributed by atoms with Crippen LogP contribution in [0.2, 0.25) is 0 Å². The monoisotopic (exact) mass is 537 g/mol. The van der Waals surface area contributed by atoms with Gasteiger partial charge in [-0.15, -0.1) is 11.3 Å². The van der Waals surface area contributed by atoms with Crippen molar-refractivity contribution in [2.24, 2.45) is 0 Å². The minimum Gasteiger partial charge on any atom is -0.341 e. The number of amides is 1. The van der Waals surface area contributed by atoms with Crippen LogP contribution in [0, 0.1) is 0 Å². The summed E-state index contributed by atoms with van der Waals surface area (Å²) in [5, 5.41) is 5.77. The molecule has 1 N–H and O–H groups in total. The van der Waals surface area contributed by atoms with E-state index in [0.717, 1.165) is 64.4 Å². The van der Waals surface area contributed by atoms with Crippen molar-refractivity contribution in [2.75, 3.05) is 32.0 Å². The highest BCUT2D eigenvalue weighted by Crippen LogP contribution is 2.38. The molecule has 1 aliphatic heterocycles. The Morgan fingerprint density at radius 3 is 2.95 bits per heavy atom. The van der Waals surface area contributed by atoms with Gasteiger partial charge in [0.1, 0.15) is 17.0 Å². The van der Waals surface area contributed by atoms with Crippen LogP contribution in [0.15, 0.2) is 73.3 Å². The molecule has 0 saturated heterocycles. The van der Waals surface area contributed by atoms with Crippen LogP contribution >= 0.6 is 11.3 Å². The van der Waals surface area contributed by atoms with Crippen molar-refractivity contribution in [3.8, 4) is 0 Å². The van der Waals surface area contributed by atoms with Crippen molar-refractivity contribution in [1.29, 1.82) is 0 Å². The fraction of sp³-hybridized carbons (Fsp3) is 0.267. The fourth-order valence-corrected chi connectivity index (χ4v) is 6.20. The van der Waals surface area contributed by atoms with Crippen LogP contribution in [0.25, 0.3) is 21.1 Å². The molecule has 5 aromatic rings. The molecule has 39 heavy (non-hydrogen) atoms. The molecule has 9 heteroatoms. The lowest BCUT2D eigenvalue weighted by atomic mass is 10.0. The quantitative estimate of drug-likeness (QED) is 0.273. The predicted octanol–water partition coefficient (Wildman–Crippen LogP) is 5.23. The van der Waals surface area contributed by atoms with Gasteiger partial charge >= 0.3 is 0 Å². The van der Waals surface area contributed by atoms with Crippen LogP contribution in [0.5, 0.6) is 0 Å². The van der Waals surface area contributed by atoms with Gasteiger partial charge in [-0.05, 0) is 62.0 Å². The molecule has 0 fully saturated rings. The first-order valence-corrected chi connectivity index (χ1v) is 14.1. The lowest BCUT2D eigenvalue weighted by Gasteiger charge is -2.26. The van der Waals surface area contributed by atoms with E-state index < -0.39 is 0 Å². The number of nitrogens with zero attached hydrogens (tertiary/aromatic N) is 6. The molecule has 0 unspecified atom stereocenters. The lowest BCUT2D eigenvalue weighted by Crippen LogP contribution is -2.34. The predicted molar refractivity (Wildman–Crippen MR) is 157 cm³/mol. The molecular formula is C30H31N7OS. The summed E-state index contributed by atoms with van der Waals surface area (Å²) in [6.07, 6.45) is 9.99. The van der Waals surface area contributed by atoms with Gasteiger partial charge in [0.2, 0.25) is 5.91 Å². The number of aromatic nitrogens is 4. The Hall–Kier alpha value is -4.08. The van der Waals surface area contributed by atoms with Crippen molar-refractivity contribution in [3.63, 3.8) is 0 Å². The zero-order valence-electron chi connectivity index (χ0n) is 22.2. The van der Waals surface area contributed by atoms with Gasteiger partial charge in [-0.25, -0.2) is 9.97 Å². The van der Waals surface area contributed by atoms with Crippen LogP contribution in [0.4, 0.5) is 11.5 Å². The van der Waals surface area contributed by atoms with Crippen molar-refractivity contribution in [3.05, 3.63) is 89.5 Å². The number of fused-ring (bicyclic) bond motifs is 4. The zero-order chi connectivity index (χ0) is 26.8. The van der Waals surface area contributed by atoms with Gasteiger partial charge in [0, 0.05) is 53.0 Å². The van der Waals surface area contributed by atoms with Gasteiger partial charge in [-0.3, -0.25) is 9.78 Å². The Kier molecular flexibility index (Phi) is 7.08. The average Bonchev–Trinajstić information content (AvgIpc) is 3.54. The Morgan fingerprint density at radius 2 is 2.10 bits per heavy atom. The first-order chi connectivity index (χ1) is 19.1. The molecule has 0 atom stereocenters. The van der Waals surface area contributed by atoms with Gasteiger partial charge in [-0.2, -0.15) is 0 Å². The molecule has 1 aromatic carbocycles. The maximum absolute atomic E-state index is 12.8. The second-order valence-electron chi connectivity index (χ2n) is 9.84. The molecule has 5 heterocycles. The molecule has 0 spiro atoms. The number of pyridine rings is 1. The molecule has 8 nitrogen and oxygen atoms in total. The van der Waals surface area contributed by atoms with Gasteiger partial charge in [-0.1, -0.05) is 19.1 Å². The Morgan fingerprint density at radius 1 is 1.18 bits per heavy atom. The Balaban J connectivity index is 1.21. The van der Waals surface area contributed by atoms with E-state index in [2.05, 4.69) is 67.1 Å². The zero-order valence-corrected chi connectivity index (χ0v) is 23.0. The van der Waals surface area contributed by atoms with Crippen molar-refractivity contribution < 1.29 is 4.79 Å². The molecule has 0 aliphatic carbocycles. The number of nitrogens with one attached hydrogen (secondary N) is 1. The molecule has 0 saturated carbocycles. The number of carbonyl (C=O) groups is 1. The van der Waals surface area contributed by atoms with E-state index in [1.54, 1.807) is 23.7 Å². The lowest BCUT2D eigenvalue weighted by molar-refractivity contribution is -0.126. The second kappa shape index (κ2) is 11.0. The number of likely N-dealkylation sites (N-methyl/N-ethyl adjacent to an activating group) is 1. The third-order valence-corrected chi connectivity index (χ3v) is 8.38. The number of carbonyl (C=O) groups excluding carboxylic acids is 1. The van der Waals surface area contributed by atoms with E-state index in [0.29, 0.717) is 13.1 Å². The Bertz CT molecular complexity index is 1660. The van der Waals surface area contributed by atoms with E-state index in [4.69, 9.17) is 0 Å². The van der Waals surface area contributed by atoms with Gasteiger partial charge in [0.05, 0.1) is 24.2 Å². The maximum atomic E-state index is 12.8. The summed E-state index contributed by atoms with van der Waals surface area (Å²) in [4.78, 5) is 32.7. The number of anilines is 2. The minimum atomic E-state index is 0.0651. The maximum Gasteiger partial charge on any atom is 0.246 e. The smallest absolute Gasteiger partial charge is 0.246 e. The topological polar surface area (TPSA) is 79.2 Å². The van der Waals surface area contributed by atoms with E-state index in [1.807, 2.05) is 42.4 Å². The first-order valence-electron chi connectivity index (χ1n) is 13.2. The molecule has 6 rings (SSSR count). The van der Waals surface area contributed by atoms with Crippen molar-refractivity contribution >= 4 is 49.9 Å². The van der Waals surface area contributed by atoms with Crippen LogP contribution in [-0.4, -0.2) is 61.9 Å². The average molecular weight is 538 g/mol. The second-order valence-corrected chi connectivity index (χ2v) is 10.9. The van der Waals surface area contributed by atoms with Crippen LogP contribution in [-0.2, 0) is 24.3 Å². The van der Waals surface area contributed by atoms with E-state index in [1.165, 1.54) is 10.4 Å². The highest BCUT2D eigenvalue weighted by molar-refractivity contribution is 7.19.